The number of anilines is 1. The highest BCUT2D eigenvalue weighted by Crippen LogP contribution is 2.33. The van der Waals surface area contributed by atoms with Gasteiger partial charge in [0.1, 0.15) is 5.52 Å². The molecule has 1 amide bonds. The third-order valence-corrected chi connectivity index (χ3v) is 8.36. The molecule has 11 heteroatoms. The van der Waals surface area contributed by atoms with Crippen molar-refractivity contribution in [3.63, 3.8) is 0 Å². The van der Waals surface area contributed by atoms with Crippen molar-refractivity contribution in [2.75, 3.05) is 57.4 Å². The molecule has 0 saturated carbocycles. The first-order valence-electron chi connectivity index (χ1n) is 14.2. The van der Waals surface area contributed by atoms with Gasteiger partial charge in [0, 0.05) is 71.2 Å². The molecule has 0 unspecified atom stereocenters. The highest BCUT2D eigenvalue weighted by molar-refractivity contribution is 5.98. The van der Waals surface area contributed by atoms with Crippen LogP contribution < -0.4 is 4.90 Å². The zero-order chi connectivity index (χ0) is 27.3. The molecule has 2 atom stereocenters. The van der Waals surface area contributed by atoms with Crippen molar-refractivity contribution in [1.82, 2.24) is 34.1 Å². The van der Waals surface area contributed by atoms with Crippen LogP contribution in [-0.4, -0.2) is 111 Å². The van der Waals surface area contributed by atoms with Crippen molar-refractivity contribution in [3.8, 4) is 11.3 Å². The molecule has 3 aromatic rings. The van der Waals surface area contributed by atoms with Crippen LogP contribution in [0.2, 0.25) is 0 Å². The van der Waals surface area contributed by atoms with Crippen LogP contribution in [0.4, 0.5) is 5.69 Å². The molecule has 6 heterocycles. The van der Waals surface area contributed by atoms with E-state index in [0.29, 0.717) is 30.7 Å². The van der Waals surface area contributed by atoms with E-state index in [1.54, 1.807) is 0 Å². The molecule has 39 heavy (non-hydrogen) atoms. The first kappa shape index (κ1) is 26.2. The van der Waals surface area contributed by atoms with Gasteiger partial charge in [-0.2, -0.15) is 5.10 Å². The molecular weight excluding hydrogens is 496 g/mol. The molecule has 3 aliphatic heterocycles. The molecule has 3 aliphatic rings. The third-order valence-electron chi connectivity index (χ3n) is 8.36. The Balaban J connectivity index is 1.29. The number of aryl methyl sites for hydroxylation is 3. The highest BCUT2D eigenvalue weighted by Gasteiger charge is 2.33. The van der Waals surface area contributed by atoms with Gasteiger partial charge in [-0.05, 0) is 39.7 Å². The molecule has 3 aromatic heterocycles. The van der Waals surface area contributed by atoms with E-state index in [0.717, 1.165) is 80.3 Å². The minimum atomic E-state index is -0.0234. The van der Waals surface area contributed by atoms with Crippen molar-refractivity contribution in [1.29, 1.82) is 0 Å². The van der Waals surface area contributed by atoms with Gasteiger partial charge < -0.3 is 23.8 Å². The van der Waals surface area contributed by atoms with Crippen LogP contribution >= 0.6 is 0 Å². The summed E-state index contributed by atoms with van der Waals surface area (Å²) in [5.74, 6) is 0.420. The van der Waals surface area contributed by atoms with Gasteiger partial charge >= 0.3 is 0 Å². The number of likely N-dealkylation sites (tertiary alicyclic amines) is 1. The second-order valence-corrected chi connectivity index (χ2v) is 11.3. The fourth-order valence-corrected chi connectivity index (χ4v) is 6.45. The number of aromatic nitrogens is 5. The molecular formula is C28H40N8O3. The lowest BCUT2D eigenvalue weighted by molar-refractivity contribution is -0.0856. The first-order valence-corrected chi connectivity index (χ1v) is 14.2. The summed E-state index contributed by atoms with van der Waals surface area (Å²) < 4.78 is 15.2. The second-order valence-electron chi connectivity index (χ2n) is 11.3. The standard InChI is InChI=1S/C28H40N8O3/c1-18-15-36(16-19(2)39-18)21-6-8-35(9-7-21)28(37)27-30-25-24(34-10-12-38-13-11-34)14-23(29-26(25)33(27)5)22-17-32(4)31-20(22)3/h14,17-19,21H,6-13,15-16H2,1-5H3/t18-,19+. The third kappa shape index (κ3) is 5.03. The Hall–Kier alpha value is -3.02. The van der Waals surface area contributed by atoms with E-state index < -0.39 is 0 Å². The lowest BCUT2D eigenvalue weighted by Crippen LogP contribution is -2.53. The van der Waals surface area contributed by atoms with Crippen molar-refractivity contribution in [3.05, 3.63) is 23.8 Å². The molecule has 0 bridgehead atoms. The number of carbonyl (C=O) groups is 1. The monoisotopic (exact) mass is 536 g/mol. The summed E-state index contributed by atoms with van der Waals surface area (Å²) in [7, 11) is 3.82. The quantitative estimate of drug-likeness (QED) is 0.501. The number of fused-ring (bicyclic) bond motifs is 1. The lowest BCUT2D eigenvalue weighted by Gasteiger charge is -2.43. The van der Waals surface area contributed by atoms with Crippen LogP contribution in [0.15, 0.2) is 12.3 Å². The Morgan fingerprint density at radius 3 is 2.33 bits per heavy atom. The molecule has 6 rings (SSSR count). The number of imidazole rings is 1. The van der Waals surface area contributed by atoms with Gasteiger partial charge in [0.05, 0.1) is 42.5 Å². The molecule has 3 fully saturated rings. The second kappa shape index (κ2) is 10.5. The van der Waals surface area contributed by atoms with E-state index in [1.165, 1.54) is 0 Å². The number of nitrogens with zero attached hydrogens (tertiary/aromatic N) is 8. The Labute approximate surface area is 229 Å². The summed E-state index contributed by atoms with van der Waals surface area (Å²) in [6, 6.07) is 2.58. The number of hydrogen-bond acceptors (Lipinski definition) is 8. The Bertz CT molecular complexity index is 1340. The maximum Gasteiger partial charge on any atom is 0.289 e. The zero-order valence-corrected chi connectivity index (χ0v) is 23.8. The fourth-order valence-electron chi connectivity index (χ4n) is 6.45. The Morgan fingerprint density at radius 2 is 1.69 bits per heavy atom. The largest absolute Gasteiger partial charge is 0.378 e. The van der Waals surface area contributed by atoms with Crippen LogP contribution in [0.5, 0.6) is 0 Å². The van der Waals surface area contributed by atoms with Gasteiger partial charge in [0.15, 0.2) is 5.65 Å². The number of morpholine rings is 2. The average molecular weight is 537 g/mol. The summed E-state index contributed by atoms with van der Waals surface area (Å²) >= 11 is 0. The molecule has 0 aromatic carbocycles. The molecule has 0 spiro atoms. The first-order chi connectivity index (χ1) is 18.8. The Kier molecular flexibility index (Phi) is 7.07. The van der Waals surface area contributed by atoms with Gasteiger partial charge in [-0.25, -0.2) is 9.97 Å². The molecule has 0 aliphatic carbocycles. The summed E-state index contributed by atoms with van der Waals surface area (Å²) in [6.45, 7) is 12.6. The van der Waals surface area contributed by atoms with Gasteiger partial charge in [-0.15, -0.1) is 0 Å². The van der Waals surface area contributed by atoms with Gasteiger partial charge in [0.25, 0.3) is 5.91 Å². The molecule has 3 saturated heterocycles. The SMILES string of the molecule is Cc1nn(C)cc1-c1cc(N2CCOCC2)c2nc(C(=O)N3CCC(N4C[C@@H](C)O[C@@H](C)C4)CC3)n(C)c2n1. The van der Waals surface area contributed by atoms with Crippen molar-refractivity contribution < 1.29 is 14.3 Å². The van der Waals surface area contributed by atoms with Gasteiger partial charge in [0.2, 0.25) is 5.82 Å². The van der Waals surface area contributed by atoms with Crippen LogP contribution in [0.25, 0.3) is 22.4 Å². The van der Waals surface area contributed by atoms with Crippen molar-refractivity contribution in [2.45, 2.75) is 51.9 Å². The number of pyridine rings is 1. The molecule has 0 N–H and O–H groups in total. The minimum absolute atomic E-state index is 0.0234. The van der Waals surface area contributed by atoms with Gasteiger partial charge in [-0.1, -0.05) is 0 Å². The number of ether oxygens (including phenoxy) is 2. The van der Waals surface area contributed by atoms with E-state index in [4.69, 9.17) is 19.4 Å². The minimum Gasteiger partial charge on any atom is -0.378 e. The number of piperidine rings is 1. The maximum absolute atomic E-state index is 13.8. The molecule has 210 valence electrons. The predicted molar refractivity (Wildman–Crippen MR) is 149 cm³/mol. The van der Waals surface area contributed by atoms with Crippen LogP contribution in [0, 0.1) is 6.92 Å². The summed E-state index contributed by atoms with van der Waals surface area (Å²) in [4.78, 5) is 30.6. The predicted octanol–water partition coefficient (Wildman–Crippen LogP) is 2.23. The van der Waals surface area contributed by atoms with Crippen LogP contribution in [-0.2, 0) is 23.6 Å². The summed E-state index contributed by atoms with van der Waals surface area (Å²) in [5.41, 5.74) is 5.21. The zero-order valence-electron chi connectivity index (χ0n) is 23.8. The van der Waals surface area contributed by atoms with E-state index in [-0.39, 0.29) is 18.1 Å². The van der Waals surface area contributed by atoms with E-state index in [1.807, 2.05) is 41.4 Å². The van der Waals surface area contributed by atoms with E-state index in [9.17, 15) is 4.79 Å². The smallest absolute Gasteiger partial charge is 0.289 e. The highest BCUT2D eigenvalue weighted by atomic mass is 16.5. The van der Waals surface area contributed by atoms with Crippen LogP contribution in [0.1, 0.15) is 43.0 Å². The number of amides is 1. The fraction of sp³-hybridized carbons (Fsp3) is 0.643. The van der Waals surface area contributed by atoms with Crippen molar-refractivity contribution >= 4 is 22.8 Å². The van der Waals surface area contributed by atoms with E-state index >= 15 is 0 Å². The summed E-state index contributed by atoms with van der Waals surface area (Å²) in [5, 5.41) is 4.52. The molecule has 11 nitrogen and oxygen atoms in total. The normalized spacial score (nSPS) is 23.6. The topological polar surface area (TPSA) is 93.8 Å². The van der Waals surface area contributed by atoms with Crippen molar-refractivity contribution in [2.24, 2.45) is 14.1 Å². The lowest BCUT2D eigenvalue weighted by atomic mass is 10.0. The Morgan fingerprint density at radius 1 is 1.00 bits per heavy atom. The number of carbonyl (C=O) groups excluding carboxylic acids is 1. The number of hydrogen-bond donors (Lipinski definition) is 0. The average Bonchev–Trinajstić information content (AvgIpc) is 3.45. The van der Waals surface area contributed by atoms with Crippen LogP contribution in [0.3, 0.4) is 0 Å². The van der Waals surface area contributed by atoms with E-state index in [2.05, 4.69) is 34.8 Å². The van der Waals surface area contributed by atoms with Gasteiger partial charge in [-0.3, -0.25) is 14.4 Å². The number of rotatable bonds is 4. The maximum atomic E-state index is 13.8. The molecule has 0 radical (unpaired) electrons. The summed E-state index contributed by atoms with van der Waals surface area (Å²) in [6.07, 6.45) is 4.44.